The van der Waals surface area contributed by atoms with Gasteiger partial charge in [-0.05, 0) is 52.3 Å². The molecule has 0 bridgehead atoms. The van der Waals surface area contributed by atoms with Crippen LogP contribution in [-0.4, -0.2) is 7.05 Å². The highest BCUT2D eigenvalue weighted by Gasteiger charge is 2.13. The molecule has 0 radical (unpaired) electrons. The summed E-state index contributed by atoms with van der Waals surface area (Å²) < 4.78 is 1.22. The maximum absolute atomic E-state index is 3.60. The third-order valence-corrected chi connectivity index (χ3v) is 4.68. The molecule has 2 rings (SSSR count). The average molecular weight is 310 g/mol. The molecule has 2 aromatic rings. The average Bonchev–Trinajstić information content (AvgIpc) is 2.78. The lowest BCUT2D eigenvalue weighted by atomic mass is 10.0. The molecule has 1 aromatic heterocycles. The Bertz CT molecular complexity index is 452. The zero-order valence-corrected chi connectivity index (χ0v) is 12.2. The molecule has 0 aliphatic rings. The molecule has 1 heterocycles. The van der Waals surface area contributed by atoms with Crippen molar-refractivity contribution in [3.05, 3.63) is 56.7 Å². The molecule has 0 spiro atoms. The summed E-state index contributed by atoms with van der Waals surface area (Å²) >= 11 is 5.35. The summed E-state index contributed by atoms with van der Waals surface area (Å²) in [5.74, 6) is 0. The zero-order valence-electron chi connectivity index (χ0n) is 9.82. The van der Waals surface area contributed by atoms with Gasteiger partial charge in [0.05, 0.1) is 0 Å². The Hall–Kier alpha value is -0.640. The van der Waals surface area contributed by atoms with Crippen LogP contribution in [0, 0.1) is 0 Å². The van der Waals surface area contributed by atoms with E-state index >= 15 is 0 Å². The first-order valence-corrected chi connectivity index (χ1v) is 7.47. The van der Waals surface area contributed by atoms with Crippen molar-refractivity contribution in [2.45, 2.75) is 18.9 Å². The summed E-state index contributed by atoms with van der Waals surface area (Å²) in [5.41, 5.74) is 2.77. The van der Waals surface area contributed by atoms with E-state index in [4.69, 9.17) is 0 Å². The van der Waals surface area contributed by atoms with Crippen LogP contribution in [0.5, 0.6) is 0 Å². The van der Waals surface area contributed by atoms with E-state index in [0.29, 0.717) is 6.04 Å². The summed E-state index contributed by atoms with van der Waals surface area (Å²) in [6, 6.07) is 11.1. The van der Waals surface area contributed by atoms with Crippen LogP contribution in [0.15, 0.2) is 45.6 Å². The van der Waals surface area contributed by atoms with Crippen molar-refractivity contribution in [1.29, 1.82) is 0 Å². The number of hydrogen-bond donors (Lipinski definition) is 1. The summed E-state index contributed by atoms with van der Waals surface area (Å²) in [6.07, 6.45) is 2.23. The molecule has 90 valence electrons. The standard InChI is InChI=1S/C14H16BrNS/c1-16-14(12-9-17-10-13(12)15)8-7-11-5-3-2-4-6-11/h2-6,9-10,14,16H,7-8H2,1H3. The topological polar surface area (TPSA) is 12.0 Å². The van der Waals surface area contributed by atoms with Gasteiger partial charge in [-0.15, -0.1) is 0 Å². The predicted octanol–water partition coefficient (Wildman–Crippen LogP) is 4.40. The molecule has 0 saturated carbocycles. The second kappa shape index (κ2) is 6.34. The number of halogens is 1. The maximum atomic E-state index is 3.60. The predicted molar refractivity (Wildman–Crippen MR) is 78.6 cm³/mol. The van der Waals surface area contributed by atoms with Crippen LogP contribution in [-0.2, 0) is 6.42 Å². The fourth-order valence-corrected chi connectivity index (χ4v) is 3.58. The molecule has 1 nitrogen and oxygen atoms in total. The molecule has 0 saturated heterocycles. The van der Waals surface area contributed by atoms with Gasteiger partial charge >= 0.3 is 0 Å². The summed E-state index contributed by atoms with van der Waals surface area (Å²) in [5, 5.41) is 7.75. The van der Waals surface area contributed by atoms with Gasteiger partial charge in [0.2, 0.25) is 0 Å². The normalized spacial score (nSPS) is 12.6. The van der Waals surface area contributed by atoms with E-state index < -0.39 is 0 Å². The van der Waals surface area contributed by atoms with Gasteiger partial charge in [-0.25, -0.2) is 0 Å². The Kier molecular flexibility index (Phi) is 4.77. The Labute approximate surface area is 115 Å². The first kappa shape index (κ1) is 12.8. The van der Waals surface area contributed by atoms with E-state index in [0.717, 1.165) is 12.8 Å². The number of nitrogens with one attached hydrogen (secondary N) is 1. The van der Waals surface area contributed by atoms with E-state index in [2.05, 4.69) is 62.3 Å². The van der Waals surface area contributed by atoms with Crippen molar-refractivity contribution in [1.82, 2.24) is 5.32 Å². The van der Waals surface area contributed by atoms with Crippen LogP contribution >= 0.6 is 27.3 Å². The van der Waals surface area contributed by atoms with Gasteiger partial charge in [-0.1, -0.05) is 30.3 Å². The highest BCUT2D eigenvalue weighted by molar-refractivity contribution is 9.10. The molecule has 1 N–H and O–H groups in total. The Morgan fingerprint density at radius 1 is 1.24 bits per heavy atom. The van der Waals surface area contributed by atoms with E-state index in [-0.39, 0.29) is 0 Å². The molecule has 0 aliphatic carbocycles. The summed E-state index contributed by atoms with van der Waals surface area (Å²) in [4.78, 5) is 0. The lowest BCUT2D eigenvalue weighted by Gasteiger charge is -2.15. The van der Waals surface area contributed by atoms with Crippen LogP contribution in [0.2, 0.25) is 0 Å². The van der Waals surface area contributed by atoms with Gasteiger partial charge in [-0.2, -0.15) is 11.3 Å². The smallest absolute Gasteiger partial charge is 0.0340 e. The molecule has 3 heteroatoms. The maximum Gasteiger partial charge on any atom is 0.0340 e. The Morgan fingerprint density at radius 2 is 2.00 bits per heavy atom. The molecule has 1 aromatic carbocycles. The zero-order chi connectivity index (χ0) is 12.1. The molecule has 1 unspecified atom stereocenters. The Balaban J connectivity index is 2.00. The van der Waals surface area contributed by atoms with Crippen LogP contribution in [0.4, 0.5) is 0 Å². The van der Waals surface area contributed by atoms with Crippen LogP contribution in [0.3, 0.4) is 0 Å². The van der Waals surface area contributed by atoms with E-state index in [1.807, 2.05) is 7.05 Å². The van der Waals surface area contributed by atoms with Crippen molar-refractivity contribution >= 4 is 27.3 Å². The fraction of sp³-hybridized carbons (Fsp3) is 0.286. The van der Waals surface area contributed by atoms with E-state index in [1.165, 1.54) is 15.6 Å². The minimum Gasteiger partial charge on any atom is -0.313 e. The fourth-order valence-electron chi connectivity index (χ4n) is 1.95. The van der Waals surface area contributed by atoms with Crippen LogP contribution in [0.25, 0.3) is 0 Å². The van der Waals surface area contributed by atoms with Crippen molar-refractivity contribution in [3.63, 3.8) is 0 Å². The minimum atomic E-state index is 0.427. The van der Waals surface area contributed by atoms with Crippen LogP contribution < -0.4 is 5.32 Å². The number of aryl methyl sites for hydroxylation is 1. The molecule has 0 aliphatic heterocycles. The van der Waals surface area contributed by atoms with Crippen molar-refractivity contribution in [2.75, 3.05) is 7.05 Å². The van der Waals surface area contributed by atoms with Gasteiger partial charge < -0.3 is 5.32 Å². The SMILES string of the molecule is CNC(CCc1ccccc1)c1cscc1Br. The quantitative estimate of drug-likeness (QED) is 0.863. The van der Waals surface area contributed by atoms with E-state index in [1.54, 1.807) is 11.3 Å². The first-order chi connectivity index (χ1) is 8.31. The van der Waals surface area contributed by atoms with Crippen molar-refractivity contribution < 1.29 is 0 Å². The van der Waals surface area contributed by atoms with Crippen molar-refractivity contribution in [2.24, 2.45) is 0 Å². The number of hydrogen-bond acceptors (Lipinski definition) is 2. The van der Waals surface area contributed by atoms with Gasteiger partial charge in [-0.3, -0.25) is 0 Å². The molecule has 17 heavy (non-hydrogen) atoms. The van der Waals surface area contributed by atoms with Crippen molar-refractivity contribution in [3.8, 4) is 0 Å². The molecule has 1 atom stereocenters. The first-order valence-electron chi connectivity index (χ1n) is 5.74. The van der Waals surface area contributed by atoms with Gasteiger partial charge in [0.15, 0.2) is 0 Å². The van der Waals surface area contributed by atoms with Gasteiger partial charge in [0.25, 0.3) is 0 Å². The highest BCUT2D eigenvalue weighted by atomic mass is 79.9. The summed E-state index contributed by atoms with van der Waals surface area (Å²) in [7, 11) is 2.03. The van der Waals surface area contributed by atoms with Crippen LogP contribution in [0.1, 0.15) is 23.6 Å². The lowest BCUT2D eigenvalue weighted by Crippen LogP contribution is -2.16. The number of thiophene rings is 1. The lowest BCUT2D eigenvalue weighted by molar-refractivity contribution is 0.549. The second-order valence-electron chi connectivity index (χ2n) is 4.04. The number of benzene rings is 1. The molecular weight excluding hydrogens is 294 g/mol. The second-order valence-corrected chi connectivity index (χ2v) is 5.64. The highest BCUT2D eigenvalue weighted by Crippen LogP contribution is 2.29. The Morgan fingerprint density at radius 3 is 2.59 bits per heavy atom. The van der Waals surface area contributed by atoms with Gasteiger partial charge in [0, 0.05) is 15.9 Å². The molecular formula is C14H16BrNS. The van der Waals surface area contributed by atoms with Gasteiger partial charge in [0.1, 0.15) is 0 Å². The third kappa shape index (κ3) is 3.41. The van der Waals surface area contributed by atoms with E-state index in [9.17, 15) is 0 Å². The minimum absolute atomic E-state index is 0.427. The third-order valence-electron chi connectivity index (χ3n) is 2.93. The molecule has 0 amide bonds. The monoisotopic (exact) mass is 309 g/mol. The number of rotatable bonds is 5. The summed E-state index contributed by atoms with van der Waals surface area (Å²) in [6.45, 7) is 0. The molecule has 0 fully saturated rings. The largest absolute Gasteiger partial charge is 0.313 e.